The maximum atomic E-state index is 12.7. The first-order valence-electron chi connectivity index (χ1n) is 15.8. The minimum atomic E-state index is -1.25. The standard InChI is InChI=1S/C36H40O/c1-2-36(37)28-19-24-12-5-11-23-18-22-8-3-4-13-25(22)32(29(23)24)34(28)33-26-14-6-9-20-16-17-21-10-7-15-27(35(33)36)31(21)30(20)26/h1,19-23,25,37H,3-18H2/t20-,21+,22+,23-,25+,36?/m0/s1. The van der Waals surface area contributed by atoms with Gasteiger partial charge in [0.1, 0.15) is 0 Å². The third-order valence-electron chi connectivity index (χ3n) is 12.4. The molecule has 1 heteroatoms. The molecule has 0 bridgehead atoms. The fourth-order valence-electron chi connectivity index (χ4n) is 11.2. The molecular formula is C36H40O. The van der Waals surface area contributed by atoms with Crippen LogP contribution in [0.15, 0.2) is 6.07 Å². The molecule has 0 spiro atoms. The van der Waals surface area contributed by atoms with Gasteiger partial charge in [0.05, 0.1) is 0 Å². The highest BCUT2D eigenvalue weighted by Crippen LogP contribution is 2.64. The zero-order valence-electron chi connectivity index (χ0n) is 22.3. The molecule has 0 aromatic heterocycles. The number of hydrogen-bond donors (Lipinski definition) is 1. The van der Waals surface area contributed by atoms with Crippen LogP contribution in [-0.2, 0) is 24.9 Å². The minimum Gasteiger partial charge on any atom is -0.369 e. The lowest BCUT2D eigenvalue weighted by Crippen LogP contribution is -2.31. The Morgan fingerprint density at radius 3 is 2.22 bits per heavy atom. The van der Waals surface area contributed by atoms with Gasteiger partial charge in [-0.2, -0.15) is 0 Å². The summed E-state index contributed by atoms with van der Waals surface area (Å²) in [6.45, 7) is 0. The summed E-state index contributed by atoms with van der Waals surface area (Å²) in [5, 5.41) is 12.7. The maximum absolute atomic E-state index is 12.7. The third-order valence-corrected chi connectivity index (χ3v) is 12.4. The monoisotopic (exact) mass is 488 g/mol. The zero-order chi connectivity index (χ0) is 24.5. The van der Waals surface area contributed by atoms with Crippen molar-refractivity contribution in [2.45, 2.75) is 132 Å². The fourth-order valence-corrected chi connectivity index (χ4v) is 11.2. The Kier molecular flexibility index (Phi) is 4.45. The lowest BCUT2D eigenvalue weighted by atomic mass is 9.59. The first-order valence-corrected chi connectivity index (χ1v) is 15.8. The van der Waals surface area contributed by atoms with Crippen molar-refractivity contribution in [1.29, 1.82) is 0 Å². The Morgan fingerprint density at radius 2 is 1.41 bits per heavy atom. The van der Waals surface area contributed by atoms with Gasteiger partial charge in [-0.3, -0.25) is 0 Å². The van der Waals surface area contributed by atoms with Crippen LogP contribution in [0.5, 0.6) is 0 Å². The number of hydrogen-bond acceptors (Lipinski definition) is 1. The van der Waals surface area contributed by atoms with E-state index in [1.54, 1.807) is 33.4 Å². The molecule has 1 nitrogen and oxygen atoms in total. The van der Waals surface area contributed by atoms with Crippen LogP contribution >= 0.6 is 0 Å². The molecule has 0 heterocycles. The number of aryl methyl sites for hydroxylation is 1. The molecule has 37 heavy (non-hydrogen) atoms. The van der Waals surface area contributed by atoms with Crippen LogP contribution < -0.4 is 0 Å². The van der Waals surface area contributed by atoms with Crippen molar-refractivity contribution in [3.63, 3.8) is 0 Å². The largest absolute Gasteiger partial charge is 0.369 e. The third kappa shape index (κ3) is 2.62. The molecule has 0 saturated heterocycles. The second kappa shape index (κ2) is 7.54. The molecule has 7 aliphatic carbocycles. The van der Waals surface area contributed by atoms with E-state index in [0.717, 1.165) is 29.7 Å². The van der Waals surface area contributed by atoms with Gasteiger partial charge >= 0.3 is 0 Å². The maximum Gasteiger partial charge on any atom is 0.178 e. The van der Waals surface area contributed by atoms with Crippen LogP contribution in [0.2, 0.25) is 0 Å². The highest BCUT2D eigenvalue weighted by molar-refractivity contribution is 5.91. The SMILES string of the molecule is C#CC1(O)c2cc3c4c(c2-c2c5c6c7c(c21)CCC[C@@H]7CC[C@@H]6CCC5)[C@@H]1CCCC[C@@H]1C[C@@H]4CCC3. The number of aliphatic hydroxyl groups is 1. The van der Waals surface area contributed by atoms with Gasteiger partial charge in [0.2, 0.25) is 0 Å². The van der Waals surface area contributed by atoms with Crippen molar-refractivity contribution in [3.8, 4) is 23.5 Å². The number of benzene rings is 2. The predicted octanol–water partition coefficient (Wildman–Crippen LogP) is 8.27. The Labute approximate surface area is 222 Å². The normalized spacial score (nSPS) is 35.9. The minimum absolute atomic E-state index is 0.673. The smallest absolute Gasteiger partial charge is 0.178 e. The summed E-state index contributed by atoms with van der Waals surface area (Å²) in [4.78, 5) is 0. The van der Waals surface area contributed by atoms with Gasteiger partial charge in [-0.05, 0) is 170 Å². The van der Waals surface area contributed by atoms with E-state index in [-0.39, 0.29) is 0 Å². The predicted molar refractivity (Wildman–Crippen MR) is 149 cm³/mol. The first kappa shape index (κ1) is 21.8. The molecule has 190 valence electrons. The quantitative estimate of drug-likeness (QED) is 0.370. The highest BCUT2D eigenvalue weighted by atomic mass is 16.3. The van der Waals surface area contributed by atoms with Crippen molar-refractivity contribution in [2.24, 2.45) is 5.92 Å². The fraction of sp³-hybridized carbons (Fsp3) is 0.611. The van der Waals surface area contributed by atoms with Gasteiger partial charge in [-0.25, -0.2) is 0 Å². The number of rotatable bonds is 0. The van der Waals surface area contributed by atoms with Crippen LogP contribution in [0.1, 0.15) is 157 Å². The average Bonchev–Trinajstić information content (AvgIpc) is 3.21. The molecule has 1 N–H and O–H groups in total. The van der Waals surface area contributed by atoms with E-state index in [1.165, 1.54) is 119 Å². The van der Waals surface area contributed by atoms with Crippen LogP contribution in [0, 0.1) is 18.3 Å². The second-order valence-electron chi connectivity index (χ2n) is 13.9. The summed E-state index contributed by atoms with van der Waals surface area (Å²) in [5.74, 6) is 6.74. The molecular weight excluding hydrogens is 448 g/mol. The Bertz CT molecular complexity index is 1400. The van der Waals surface area contributed by atoms with Gasteiger partial charge in [0.15, 0.2) is 5.60 Å². The summed E-state index contributed by atoms with van der Waals surface area (Å²) in [7, 11) is 0. The van der Waals surface area contributed by atoms with Gasteiger partial charge in [-0.15, -0.1) is 6.42 Å². The van der Waals surface area contributed by atoms with Gasteiger partial charge in [0.25, 0.3) is 0 Å². The van der Waals surface area contributed by atoms with E-state index in [4.69, 9.17) is 6.42 Å². The average molecular weight is 489 g/mol. The number of terminal acetylenes is 1. The summed E-state index contributed by atoms with van der Waals surface area (Å²) >= 11 is 0. The van der Waals surface area contributed by atoms with Gasteiger partial charge in [-0.1, -0.05) is 24.8 Å². The molecule has 9 rings (SSSR count). The molecule has 6 atom stereocenters. The van der Waals surface area contributed by atoms with Crippen LogP contribution in [0.25, 0.3) is 11.1 Å². The van der Waals surface area contributed by atoms with Crippen molar-refractivity contribution in [3.05, 3.63) is 56.1 Å². The molecule has 0 amide bonds. The van der Waals surface area contributed by atoms with E-state index >= 15 is 0 Å². The molecule has 1 saturated carbocycles. The van der Waals surface area contributed by atoms with E-state index < -0.39 is 5.60 Å². The lowest BCUT2D eigenvalue weighted by Gasteiger charge is -2.45. The van der Waals surface area contributed by atoms with E-state index in [2.05, 4.69) is 12.0 Å². The zero-order valence-corrected chi connectivity index (χ0v) is 22.3. The van der Waals surface area contributed by atoms with E-state index in [9.17, 15) is 5.11 Å². The molecule has 1 fully saturated rings. The van der Waals surface area contributed by atoms with E-state index in [1.807, 2.05) is 0 Å². The highest BCUT2D eigenvalue weighted by Gasteiger charge is 2.52. The lowest BCUT2D eigenvalue weighted by molar-refractivity contribution is 0.148. The molecule has 0 aliphatic heterocycles. The Hall–Kier alpha value is -2.04. The summed E-state index contributed by atoms with van der Waals surface area (Å²) < 4.78 is 0. The summed E-state index contributed by atoms with van der Waals surface area (Å²) in [6, 6.07) is 2.43. The molecule has 7 aliphatic rings. The molecule has 1 unspecified atom stereocenters. The Balaban J connectivity index is 1.44. The molecule has 2 aromatic rings. The van der Waals surface area contributed by atoms with Gasteiger partial charge in [0, 0.05) is 11.1 Å². The van der Waals surface area contributed by atoms with Crippen LogP contribution in [-0.4, -0.2) is 5.11 Å². The summed E-state index contributed by atoms with van der Waals surface area (Å²) in [5.41, 5.74) is 15.5. The van der Waals surface area contributed by atoms with Gasteiger partial charge < -0.3 is 5.11 Å². The summed E-state index contributed by atoms with van der Waals surface area (Å²) in [6.07, 6.45) is 27.4. The van der Waals surface area contributed by atoms with Crippen LogP contribution in [0.4, 0.5) is 0 Å². The van der Waals surface area contributed by atoms with Crippen molar-refractivity contribution < 1.29 is 5.11 Å². The number of fused-ring (bicyclic) bond motifs is 8. The van der Waals surface area contributed by atoms with Crippen molar-refractivity contribution in [2.75, 3.05) is 0 Å². The second-order valence-corrected chi connectivity index (χ2v) is 13.9. The van der Waals surface area contributed by atoms with E-state index in [0.29, 0.717) is 11.8 Å². The Morgan fingerprint density at radius 1 is 0.703 bits per heavy atom. The molecule has 0 radical (unpaired) electrons. The van der Waals surface area contributed by atoms with Crippen molar-refractivity contribution >= 4 is 0 Å². The topological polar surface area (TPSA) is 20.2 Å². The first-order chi connectivity index (χ1) is 18.2. The van der Waals surface area contributed by atoms with Crippen molar-refractivity contribution in [1.82, 2.24) is 0 Å². The molecule has 2 aromatic carbocycles. The van der Waals surface area contributed by atoms with Crippen LogP contribution in [0.3, 0.4) is 0 Å².